The van der Waals surface area contributed by atoms with E-state index in [2.05, 4.69) is 139 Å². The number of ether oxygens (including phenoxy) is 2. The molecule has 112 heavy (non-hydrogen) atoms. The monoisotopic (exact) mass is 1660 g/mol. The summed E-state index contributed by atoms with van der Waals surface area (Å²) in [7, 11) is 1.72. The summed E-state index contributed by atoms with van der Waals surface area (Å²) in [6.07, 6.45) is 12.4. The van der Waals surface area contributed by atoms with Gasteiger partial charge in [-0.2, -0.15) is 9.97 Å². The first kappa shape index (κ1) is 82.2. The number of methoxy groups -OCH3 is 2. The predicted octanol–water partition coefficient (Wildman–Crippen LogP) is 16.0. The van der Waals surface area contributed by atoms with Crippen molar-refractivity contribution in [2.75, 3.05) is 165 Å². The van der Waals surface area contributed by atoms with E-state index in [-0.39, 0.29) is 0 Å². The maximum Gasteiger partial charge on any atom is 0.494 e. The third-order valence-corrected chi connectivity index (χ3v) is 26.7. The maximum absolute atomic E-state index is 13.6. The molecule has 9 heterocycles. The summed E-state index contributed by atoms with van der Waals surface area (Å²) in [5, 5.41) is 15.4. The largest absolute Gasteiger partial charge is 0.494 e. The number of benzene rings is 6. The van der Waals surface area contributed by atoms with Gasteiger partial charge in [0, 0.05) is 135 Å². The lowest BCUT2D eigenvalue weighted by molar-refractivity contribution is 0.00578. The summed E-state index contributed by atoms with van der Waals surface area (Å²) in [6.45, 7) is 32.8. The van der Waals surface area contributed by atoms with E-state index in [1.54, 1.807) is 53.3 Å². The Balaban J connectivity index is 0.000000174. The average Bonchev–Trinajstić information content (AvgIpc) is 1.61. The molecule has 10 aromatic rings. The lowest BCUT2D eigenvalue weighted by atomic mass is 9.79. The van der Waals surface area contributed by atoms with Gasteiger partial charge < -0.3 is 77.6 Å². The number of nitrogens with one attached hydrogen (secondary N) is 4. The van der Waals surface area contributed by atoms with Crippen molar-refractivity contribution in [1.29, 1.82) is 0 Å². The van der Waals surface area contributed by atoms with Gasteiger partial charge in [0.25, 0.3) is 0 Å². The summed E-state index contributed by atoms with van der Waals surface area (Å²) in [5.74, 6) is 2.93. The quantitative estimate of drug-likeness (QED) is 0.0409. The van der Waals surface area contributed by atoms with Gasteiger partial charge >= 0.3 is 7.12 Å². The van der Waals surface area contributed by atoms with Crippen molar-refractivity contribution in [3.8, 4) is 22.6 Å². The Labute approximate surface area is 676 Å². The van der Waals surface area contributed by atoms with Crippen molar-refractivity contribution in [3.63, 3.8) is 0 Å². The number of hydrogen-bond acceptors (Lipinski definition) is 24. The van der Waals surface area contributed by atoms with Crippen molar-refractivity contribution in [1.82, 2.24) is 49.5 Å². The van der Waals surface area contributed by atoms with Crippen molar-refractivity contribution in [3.05, 3.63) is 148 Å². The Bertz CT molecular complexity index is 5060. The highest BCUT2D eigenvalue weighted by atomic mass is 79.9. The van der Waals surface area contributed by atoms with E-state index in [4.69, 9.17) is 60.8 Å². The van der Waals surface area contributed by atoms with Crippen LogP contribution in [0.1, 0.15) is 78.4 Å². The molecule has 0 amide bonds. The first-order valence-electron chi connectivity index (χ1n) is 38.5. The summed E-state index contributed by atoms with van der Waals surface area (Å²) < 4.78 is 63.1. The van der Waals surface area contributed by atoms with E-state index in [0.29, 0.717) is 73.2 Å². The number of hydrogen-bond donors (Lipinski definition) is 4. The zero-order valence-electron chi connectivity index (χ0n) is 66.7. The SMILES string of the molecule is Brc1cccc2ocnc12.CCc1cc(Nc2ncc(Cl)c(Nc3ccc(-c4cccc5ocnc45)cc3P(C)(C)=O)n2)c(OC)cc1N1CCC(N2CCN(C)CC2)CC1.CCc1cc(Nc2ncc(Cl)c(Nc3ccc(B4OC(C)(C)C(C)(C)O4)cc3P(C)(C)=O)n2)c(OC)cc1N1CCC(N2CCN(C)CC2)CC1. The fourth-order valence-electron chi connectivity index (χ4n) is 15.2. The van der Waals surface area contributed by atoms with Gasteiger partial charge in [0.05, 0.1) is 60.6 Å². The van der Waals surface area contributed by atoms with Crippen LogP contribution in [0.2, 0.25) is 10.0 Å². The Morgan fingerprint density at radius 3 is 1.42 bits per heavy atom. The van der Waals surface area contributed by atoms with Crippen LogP contribution in [0.25, 0.3) is 33.3 Å². The number of rotatable bonds is 20. The molecule has 15 rings (SSSR count). The molecule has 24 nitrogen and oxygen atoms in total. The van der Waals surface area contributed by atoms with Crippen molar-refractivity contribution in [2.24, 2.45) is 0 Å². The molecule has 5 saturated heterocycles. The predicted molar refractivity (Wildman–Crippen MR) is 462 cm³/mol. The molecule has 0 atom stereocenters. The Kier molecular flexibility index (Phi) is 25.7. The van der Waals surface area contributed by atoms with Crippen LogP contribution in [-0.2, 0) is 31.3 Å². The van der Waals surface area contributed by atoms with Gasteiger partial charge in [-0.25, -0.2) is 19.9 Å². The number of para-hydroxylation sites is 2. The van der Waals surface area contributed by atoms with E-state index >= 15 is 0 Å². The molecule has 0 spiro atoms. The number of fused-ring (bicyclic) bond motifs is 2. The Hall–Kier alpha value is -7.84. The molecule has 6 aromatic carbocycles. The van der Waals surface area contributed by atoms with Crippen LogP contribution in [0.3, 0.4) is 0 Å². The number of aromatic nitrogens is 6. The fourth-order valence-corrected chi connectivity index (χ4v) is 18.3. The number of oxazole rings is 2. The van der Waals surface area contributed by atoms with E-state index in [0.717, 1.165) is 178 Å². The van der Waals surface area contributed by atoms with Crippen LogP contribution in [0.4, 0.5) is 57.7 Å². The van der Waals surface area contributed by atoms with Crippen LogP contribution in [0, 0.1) is 0 Å². The number of aryl methyl sites for hydroxylation is 2. The summed E-state index contributed by atoms with van der Waals surface area (Å²) >= 11 is 16.6. The second kappa shape index (κ2) is 35.1. The summed E-state index contributed by atoms with van der Waals surface area (Å²) in [4.78, 5) is 42.1. The van der Waals surface area contributed by atoms with E-state index < -0.39 is 32.6 Å². The van der Waals surface area contributed by atoms with Gasteiger partial charge in [-0.05, 0) is 200 Å². The molecule has 4 N–H and O–H groups in total. The minimum absolute atomic E-state index is 0.333. The highest BCUT2D eigenvalue weighted by Crippen LogP contribution is 2.45. The molecule has 0 radical (unpaired) electrons. The second-order valence-electron chi connectivity index (χ2n) is 31.2. The normalized spacial score (nSPS) is 17.6. The van der Waals surface area contributed by atoms with Crippen LogP contribution < -0.4 is 56.6 Å². The molecule has 5 aliphatic rings. The molecule has 594 valence electrons. The number of halogens is 3. The van der Waals surface area contributed by atoms with Gasteiger partial charge in [0.15, 0.2) is 35.6 Å². The van der Waals surface area contributed by atoms with Crippen molar-refractivity contribution >= 4 is 156 Å². The summed E-state index contributed by atoms with van der Waals surface area (Å²) in [5.41, 5.74) is 12.5. The second-order valence-corrected chi connectivity index (χ2v) is 39.2. The minimum atomic E-state index is -2.76. The lowest BCUT2D eigenvalue weighted by Crippen LogP contribution is -2.52. The van der Waals surface area contributed by atoms with Crippen LogP contribution in [0.5, 0.6) is 11.5 Å². The molecule has 0 unspecified atom stereocenters. The fraction of sp³-hybridized carbons (Fsp3) is 0.439. The highest BCUT2D eigenvalue weighted by molar-refractivity contribution is 9.10. The van der Waals surface area contributed by atoms with Gasteiger partial charge in [-0.3, -0.25) is 9.80 Å². The molecule has 0 bridgehead atoms. The maximum atomic E-state index is 13.6. The molecule has 4 aromatic heterocycles. The Morgan fingerprint density at radius 2 is 0.973 bits per heavy atom. The molecular formula is C82H104BBrCl2N16O8P2. The molecule has 0 saturated carbocycles. The summed E-state index contributed by atoms with van der Waals surface area (Å²) in [6, 6.07) is 32.9. The Morgan fingerprint density at radius 1 is 0.536 bits per heavy atom. The van der Waals surface area contributed by atoms with Crippen molar-refractivity contribution in [2.45, 2.75) is 103 Å². The van der Waals surface area contributed by atoms with Gasteiger partial charge in [0.1, 0.15) is 46.9 Å². The topological polar surface area (TPSA) is 242 Å². The molecule has 30 heteroatoms. The smallest absolute Gasteiger partial charge is 0.494 e. The first-order chi connectivity index (χ1) is 53.6. The third kappa shape index (κ3) is 18.9. The minimum Gasteiger partial charge on any atom is -0.494 e. The van der Waals surface area contributed by atoms with Crippen LogP contribution >= 0.6 is 53.4 Å². The average molecular weight is 1670 g/mol. The number of piperazine rings is 2. The molecular weight excluding hydrogens is 1560 g/mol. The molecule has 5 aliphatic heterocycles. The molecule has 0 aliphatic carbocycles. The van der Waals surface area contributed by atoms with E-state index in [1.165, 1.54) is 35.3 Å². The zero-order valence-corrected chi connectivity index (χ0v) is 71.6. The van der Waals surface area contributed by atoms with Crippen molar-refractivity contribution < 1.29 is 36.7 Å². The highest BCUT2D eigenvalue weighted by Gasteiger charge is 2.52. The van der Waals surface area contributed by atoms with E-state index in [9.17, 15) is 9.13 Å². The van der Waals surface area contributed by atoms with Crippen LogP contribution in [0.15, 0.2) is 136 Å². The van der Waals surface area contributed by atoms with E-state index in [1.807, 2.05) is 100 Å². The standard InChI is InChI=1S/C38H46ClN8O3P.C37H54BClN7O4P.C7H4BrNO/c1-6-25-20-31(34(49-3)22-32(25)47-14-12-27(13-15-47)46-18-16-45(2)17-19-46)43-38-40-23-29(39)37(44-38)42-30-11-10-26(21-35(30)51(4,5)48)28-8-7-9-33-36(28)41-24-50-33;1-10-25-21-30(32(48-7)23-31(25)46-15-13-27(14-16-46)45-19-17-44(6)18-20-45)42-35-40-24-28(39)34(43-35)41-29-12-11-26(22-33(29)51(8,9)47)38-49-36(2,3)37(4,5)50-38;8-5-2-1-3-6-7(5)9-4-10-6/h7-11,20-24,27H,6,12-19H2,1-5H3,(H2,40,42,43,44);11-12,21-24,27H,10,13-20H2,1-9H3,(H2,40,41,42,43);1-4H. The number of likely N-dealkylation sites (N-methyl/N-ethyl adjacent to an activating group) is 2. The van der Waals surface area contributed by atoms with Gasteiger partial charge in [-0.1, -0.05) is 67.4 Å². The number of piperidine rings is 2. The third-order valence-electron chi connectivity index (χ3n) is 22.5. The lowest BCUT2D eigenvalue weighted by Gasteiger charge is -2.43. The van der Waals surface area contributed by atoms with Crippen LogP contribution in [-0.4, -0.2) is 213 Å². The zero-order chi connectivity index (χ0) is 79.4. The molecule has 5 fully saturated rings. The number of nitrogens with zero attached hydrogens (tertiary/aromatic N) is 12. The first-order valence-corrected chi connectivity index (χ1v) is 45.3. The van der Waals surface area contributed by atoms with Gasteiger partial charge in [0.2, 0.25) is 11.9 Å². The number of anilines is 10. The van der Waals surface area contributed by atoms with Gasteiger partial charge in [-0.15, -0.1) is 0 Å².